The standard InChI is InChI=1S/C23H20F2N2O4/c1-14-21(17-9-5-6-10-19(17)27(14)12-20(28)29)18-11-26(13-23(24,25)31-2)22(30)16-8-4-3-7-15(16)18/h3-11H,12-13H2,1-2H3,(H,28,29). The minimum absolute atomic E-state index is 0.244. The van der Waals surface area contributed by atoms with Gasteiger partial charge in [-0.3, -0.25) is 9.59 Å². The van der Waals surface area contributed by atoms with Crippen molar-refractivity contribution in [3.05, 3.63) is 70.8 Å². The van der Waals surface area contributed by atoms with E-state index in [4.69, 9.17) is 0 Å². The van der Waals surface area contributed by atoms with Crippen LogP contribution in [0.5, 0.6) is 0 Å². The molecule has 0 aliphatic rings. The largest absolute Gasteiger partial charge is 0.480 e. The zero-order valence-electron chi connectivity index (χ0n) is 16.9. The summed E-state index contributed by atoms with van der Waals surface area (Å²) in [5.41, 5.74) is 2.09. The lowest BCUT2D eigenvalue weighted by Gasteiger charge is -2.18. The van der Waals surface area contributed by atoms with Gasteiger partial charge in [-0.1, -0.05) is 36.4 Å². The summed E-state index contributed by atoms with van der Waals surface area (Å²) in [4.78, 5) is 24.3. The molecular formula is C23H20F2N2O4. The van der Waals surface area contributed by atoms with Crippen molar-refractivity contribution in [2.75, 3.05) is 7.11 Å². The second-order valence-corrected chi connectivity index (χ2v) is 7.32. The average molecular weight is 426 g/mol. The number of alkyl halides is 2. The van der Waals surface area contributed by atoms with Crippen molar-refractivity contribution in [2.24, 2.45) is 0 Å². The van der Waals surface area contributed by atoms with Crippen LogP contribution in [0.1, 0.15) is 5.69 Å². The van der Waals surface area contributed by atoms with Crippen LogP contribution in [0.3, 0.4) is 0 Å². The van der Waals surface area contributed by atoms with Gasteiger partial charge in [-0.15, -0.1) is 0 Å². The lowest BCUT2D eigenvalue weighted by Crippen LogP contribution is -2.32. The summed E-state index contributed by atoms with van der Waals surface area (Å²) < 4.78 is 34.8. The SMILES string of the molecule is COC(F)(F)Cn1cc(-c2c(C)n(CC(=O)O)c3ccccc23)c2ccccc2c1=O. The maximum Gasteiger partial charge on any atom is 0.373 e. The van der Waals surface area contributed by atoms with Gasteiger partial charge in [-0.2, -0.15) is 8.78 Å². The first-order chi connectivity index (χ1) is 14.7. The number of methoxy groups -OCH3 is 1. The number of benzene rings is 2. The fourth-order valence-electron chi connectivity index (χ4n) is 4.03. The second kappa shape index (κ2) is 7.63. The highest BCUT2D eigenvalue weighted by Gasteiger charge is 2.30. The van der Waals surface area contributed by atoms with E-state index < -0.39 is 24.2 Å². The molecule has 0 aliphatic carbocycles. The Bertz CT molecular complexity index is 1370. The Hall–Kier alpha value is -3.52. The monoisotopic (exact) mass is 426 g/mol. The van der Waals surface area contributed by atoms with Crippen LogP contribution in [0.2, 0.25) is 0 Å². The molecule has 4 aromatic rings. The van der Waals surface area contributed by atoms with Gasteiger partial charge in [-0.05, 0) is 24.4 Å². The van der Waals surface area contributed by atoms with Crippen LogP contribution in [-0.4, -0.2) is 33.4 Å². The van der Waals surface area contributed by atoms with Crippen LogP contribution in [0.15, 0.2) is 59.5 Å². The number of carboxylic acids is 1. The number of halogens is 2. The number of aromatic nitrogens is 2. The smallest absolute Gasteiger partial charge is 0.373 e. The lowest BCUT2D eigenvalue weighted by molar-refractivity contribution is -0.230. The topological polar surface area (TPSA) is 73.5 Å². The first-order valence-corrected chi connectivity index (χ1v) is 9.58. The molecule has 31 heavy (non-hydrogen) atoms. The van der Waals surface area contributed by atoms with E-state index in [0.29, 0.717) is 33.1 Å². The van der Waals surface area contributed by atoms with E-state index in [1.54, 1.807) is 35.8 Å². The van der Waals surface area contributed by atoms with Crippen molar-refractivity contribution in [3.8, 4) is 11.1 Å². The number of fused-ring (bicyclic) bond motifs is 2. The van der Waals surface area contributed by atoms with E-state index in [9.17, 15) is 23.5 Å². The predicted molar refractivity (Wildman–Crippen MR) is 113 cm³/mol. The molecule has 0 fully saturated rings. The van der Waals surface area contributed by atoms with Crippen LogP contribution in [0.25, 0.3) is 32.8 Å². The molecule has 0 atom stereocenters. The number of nitrogens with zero attached hydrogens (tertiary/aromatic N) is 2. The van der Waals surface area contributed by atoms with Gasteiger partial charge in [0.2, 0.25) is 0 Å². The molecule has 0 saturated heterocycles. The van der Waals surface area contributed by atoms with Crippen molar-refractivity contribution in [1.82, 2.24) is 9.13 Å². The van der Waals surface area contributed by atoms with E-state index in [2.05, 4.69) is 4.74 Å². The summed E-state index contributed by atoms with van der Waals surface area (Å²) in [5.74, 6) is -0.995. The van der Waals surface area contributed by atoms with Gasteiger partial charge < -0.3 is 19.0 Å². The Balaban J connectivity index is 2.09. The molecule has 0 radical (unpaired) electrons. The van der Waals surface area contributed by atoms with Gasteiger partial charge in [0.05, 0.1) is 0 Å². The molecule has 2 aromatic heterocycles. The summed E-state index contributed by atoms with van der Waals surface area (Å²) in [6.07, 6.45) is -2.12. The van der Waals surface area contributed by atoms with E-state index in [0.717, 1.165) is 17.1 Å². The van der Waals surface area contributed by atoms with Crippen molar-refractivity contribution >= 4 is 27.6 Å². The highest BCUT2D eigenvalue weighted by atomic mass is 19.3. The highest BCUT2D eigenvalue weighted by Crippen LogP contribution is 2.37. The summed E-state index contributed by atoms with van der Waals surface area (Å²) in [6.45, 7) is 0.602. The maximum absolute atomic E-state index is 14.0. The summed E-state index contributed by atoms with van der Waals surface area (Å²) in [7, 11) is 0.886. The van der Waals surface area contributed by atoms with Crippen molar-refractivity contribution in [3.63, 3.8) is 0 Å². The molecule has 160 valence electrons. The minimum Gasteiger partial charge on any atom is -0.480 e. The van der Waals surface area contributed by atoms with Crippen molar-refractivity contribution in [1.29, 1.82) is 0 Å². The highest BCUT2D eigenvalue weighted by molar-refractivity contribution is 6.06. The van der Waals surface area contributed by atoms with Gasteiger partial charge >= 0.3 is 12.1 Å². The van der Waals surface area contributed by atoms with Crippen LogP contribution < -0.4 is 5.56 Å². The van der Waals surface area contributed by atoms with Gasteiger partial charge in [0.25, 0.3) is 5.56 Å². The molecule has 0 spiro atoms. The molecule has 8 heteroatoms. The quantitative estimate of drug-likeness (QED) is 0.500. The molecule has 0 unspecified atom stereocenters. The van der Waals surface area contributed by atoms with Crippen molar-refractivity contribution < 1.29 is 23.4 Å². The van der Waals surface area contributed by atoms with E-state index in [-0.39, 0.29) is 6.54 Å². The zero-order chi connectivity index (χ0) is 22.3. The summed E-state index contributed by atoms with van der Waals surface area (Å²) in [5, 5.41) is 11.0. The number of pyridine rings is 1. The lowest BCUT2D eigenvalue weighted by atomic mass is 9.98. The molecule has 4 rings (SSSR count). The molecule has 0 amide bonds. The molecule has 0 aliphatic heterocycles. The normalized spacial score (nSPS) is 12.0. The third-order valence-electron chi connectivity index (χ3n) is 5.44. The predicted octanol–water partition coefficient (Wildman–Crippen LogP) is 4.26. The number of aliphatic carboxylic acids is 1. The Morgan fingerprint density at radius 1 is 1.06 bits per heavy atom. The van der Waals surface area contributed by atoms with Crippen LogP contribution in [0, 0.1) is 6.92 Å². The van der Waals surface area contributed by atoms with Crippen LogP contribution in [-0.2, 0) is 22.6 Å². The van der Waals surface area contributed by atoms with Gasteiger partial charge in [0.15, 0.2) is 0 Å². The van der Waals surface area contributed by atoms with Crippen molar-refractivity contribution in [2.45, 2.75) is 26.1 Å². The number of para-hydroxylation sites is 1. The summed E-state index contributed by atoms with van der Waals surface area (Å²) in [6, 6.07) is 14.1. The first-order valence-electron chi connectivity index (χ1n) is 9.58. The molecule has 2 aromatic carbocycles. The Morgan fingerprint density at radius 3 is 2.32 bits per heavy atom. The van der Waals surface area contributed by atoms with E-state index in [1.165, 1.54) is 6.20 Å². The van der Waals surface area contributed by atoms with E-state index in [1.807, 2.05) is 24.3 Å². The van der Waals surface area contributed by atoms with Gasteiger partial charge in [0.1, 0.15) is 13.1 Å². The molecule has 2 heterocycles. The number of hydrogen-bond donors (Lipinski definition) is 1. The van der Waals surface area contributed by atoms with Crippen LogP contribution in [0.4, 0.5) is 8.78 Å². The Kier molecular flexibility index (Phi) is 5.10. The third-order valence-corrected chi connectivity index (χ3v) is 5.44. The minimum atomic E-state index is -3.52. The number of ether oxygens (including phenoxy) is 1. The summed E-state index contributed by atoms with van der Waals surface area (Å²) >= 11 is 0. The first kappa shape index (κ1) is 20.7. The fourth-order valence-corrected chi connectivity index (χ4v) is 4.03. The number of rotatable bonds is 6. The van der Waals surface area contributed by atoms with Gasteiger partial charge in [0, 0.05) is 46.4 Å². The second-order valence-electron chi connectivity index (χ2n) is 7.32. The third kappa shape index (κ3) is 3.59. The number of hydrogen-bond acceptors (Lipinski definition) is 3. The van der Waals surface area contributed by atoms with Crippen LogP contribution >= 0.6 is 0 Å². The molecule has 0 saturated carbocycles. The molecular weight excluding hydrogens is 406 g/mol. The average Bonchev–Trinajstić information content (AvgIpc) is 3.01. The Morgan fingerprint density at radius 2 is 1.68 bits per heavy atom. The number of carboxylic acid groups (broad SMARTS) is 1. The molecule has 6 nitrogen and oxygen atoms in total. The molecule has 0 bridgehead atoms. The Labute approximate surface area is 175 Å². The molecule has 1 N–H and O–H groups in total. The number of carbonyl (C=O) groups is 1. The van der Waals surface area contributed by atoms with E-state index >= 15 is 0 Å². The fraction of sp³-hybridized carbons (Fsp3) is 0.217. The zero-order valence-corrected chi connectivity index (χ0v) is 16.9. The maximum atomic E-state index is 14.0. The van der Waals surface area contributed by atoms with Gasteiger partial charge in [-0.25, -0.2) is 0 Å².